The van der Waals surface area contributed by atoms with Crippen molar-refractivity contribution in [3.8, 4) is 0 Å². The zero-order valence-corrected chi connectivity index (χ0v) is 21.4. The Kier molecular flexibility index (Phi) is 6.21. The summed E-state index contributed by atoms with van der Waals surface area (Å²) in [5.74, 6) is -1.88. The molecule has 2 heterocycles. The Labute approximate surface area is 224 Å². The molecule has 0 radical (unpaired) electrons. The zero-order valence-electron chi connectivity index (χ0n) is 21.4. The molecule has 3 aliphatic rings. The summed E-state index contributed by atoms with van der Waals surface area (Å²) in [5.41, 5.74) is 2.46. The zero-order chi connectivity index (χ0) is 27.1. The summed E-state index contributed by atoms with van der Waals surface area (Å²) in [6, 6.07) is 20.6. The third-order valence-electron chi connectivity index (χ3n) is 7.52. The number of carbonyl (C=O) groups is 2. The number of aliphatic imine (C=N–C) groups is 1. The van der Waals surface area contributed by atoms with E-state index in [9.17, 15) is 18.4 Å². The van der Waals surface area contributed by atoms with Crippen molar-refractivity contribution in [3.63, 3.8) is 0 Å². The van der Waals surface area contributed by atoms with Crippen LogP contribution in [0.5, 0.6) is 0 Å². The monoisotopic (exact) mass is 529 g/mol. The first-order valence-corrected chi connectivity index (χ1v) is 13.0. The molecule has 9 heteroatoms. The van der Waals surface area contributed by atoms with Gasteiger partial charge in [-0.2, -0.15) is 4.58 Å². The van der Waals surface area contributed by atoms with Gasteiger partial charge in [0.2, 0.25) is 11.6 Å². The van der Waals surface area contributed by atoms with Gasteiger partial charge in [-0.25, -0.2) is 13.8 Å². The van der Waals surface area contributed by atoms with E-state index in [4.69, 9.17) is 9.83 Å². The van der Waals surface area contributed by atoms with Gasteiger partial charge < -0.3 is 10.2 Å². The van der Waals surface area contributed by atoms with Crippen molar-refractivity contribution in [1.29, 1.82) is 0 Å². The maximum absolute atomic E-state index is 14.0. The summed E-state index contributed by atoms with van der Waals surface area (Å²) in [6.45, 7) is 0. The normalized spacial score (nSPS) is 19.2. The van der Waals surface area contributed by atoms with E-state index in [0.29, 0.717) is 18.7 Å². The van der Waals surface area contributed by atoms with Crippen LogP contribution in [0, 0.1) is 11.6 Å². The van der Waals surface area contributed by atoms with Crippen molar-refractivity contribution in [2.24, 2.45) is 4.99 Å². The van der Waals surface area contributed by atoms with E-state index >= 15 is 0 Å². The van der Waals surface area contributed by atoms with Crippen LogP contribution in [0.2, 0.25) is 0 Å². The van der Waals surface area contributed by atoms with Crippen LogP contribution in [0.4, 0.5) is 14.5 Å². The minimum absolute atomic E-state index is 0.196. The Hall–Kier alpha value is -4.40. The van der Waals surface area contributed by atoms with Crippen molar-refractivity contribution in [3.05, 3.63) is 101 Å². The molecule has 1 saturated carbocycles. The van der Waals surface area contributed by atoms with Crippen LogP contribution in [-0.4, -0.2) is 51.8 Å². The van der Waals surface area contributed by atoms with Gasteiger partial charge >= 0.3 is 5.90 Å². The first-order valence-electron chi connectivity index (χ1n) is 13.0. The largest absolute Gasteiger partial charge is 0.416 e. The highest BCUT2D eigenvalue weighted by Gasteiger charge is 2.57. The Morgan fingerprint density at radius 1 is 1.03 bits per heavy atom. The Balaban J connectivity index is 1.31. The van der Waals surface area contributed by atoms with Gasteiger partial charge in [-0.3, -0.25) is 9.59 Å². The second kappa shape index (κ2) is 9.72. The fourth-order valence-corrected chi connectivity index (χ4v) is 5.64. The van der Waals surface area contributed by atoms with Gasteiger partial charge in [-0.05, 0) is 36.6 Å². The summed E-state index contributed by atoms with van der Waals surface area (Å²) in [7, 11) is 1.87. The first kappa shape index (κ1) is 24.9. The van der Waals surface area contributed by atoms with E-state index in [1.54, 1.807) is 0 Å². The van der Waals surface area contributed by atoms with Gasteiger partial charge in [0.1, 0.15) is 24.2 Å². The number of para-hydroxylation sites is 1. The van der Waals surface area contributed by atoms with E-state index in [0.717, 1.165) is 53.6 Å². The molecule has 0 bridgehead atoms. The lowest BCUT2D eigenvalue weighted by Crippen LogP contribution is -2.67. The molecule has 1 N–H and O–H groups in total. The van der Waals surface area contributed by atoms with Crippen LogP contribution < -0.4 is 5.32 Å². The summed E-state index contributed by atoms with van der Waals surface area (Å²) in [6.07, 6.45) is 1.40. The molecule has 0 aromatic heterocycles. The average Bonchev–Trinajstić information content (AvgIpc) is 3.34. The van der Waals surface area contributed by atoms with Crippen LogP contribution in [0.25, 0.3) is 0 Å². The number of hydrogen-bond acceptors (Lipinski definition) is 4. The van der Waals surface area contributed by atoms with Crippen molar-refractivity contribution >= 4 is 29.1 Å². The summed E-state index contributed by atoms with van der Waals surface area (Å²) in [5, 5.41) is 4.13. The van der Waals surface area contributed by atoms with Crippen LogP contribution in [-0.2, 0) is 20.8 Å². The highest BCUT2D eigenvalue weighted by molar-refractivity contribution is 6.17. The number of nitrogens with zero attached hydrogens (tertiary/aromatic N) is 3. The number of rotatable bonds is 5. The molecule has 3 aromatic carbocycles. The smallest absolute Gasteiger partial charge is 0.341 e. The molecule has 1 saturated heterocycles. The topological polar surface area (TPSA) is 74.0 Å². The molecule has 2 amide bonds. The average molecular weight is 530 g/mol. The minimum atomic E-state index is -1.19. The van der Waals surface area contributed by atoms with Crippen LogP contribution in [0.1, 0.15) is 42.4 Å². The molecule has 2 fully saturated rings. The van der Waals surface area contributed by atoms with Crippen LogP contribution >= 0.6 is 0 Å². The molecule has 1 atom stereocenters. The van der Waals surface area contributed by atoms with E-state index in [-0.39, 0.29) is 17.9 Å². The molecule has 2 aliphatic heterocycles. The van der Waals surface area contributed by atoms with E-state index in [1.165, 1.54) is 5.06 Å². The minimum Gasteiger partial charge on any atom is -0.341 e. The van der Waals surface area contributed by atoms with Crippen LogP contribution in [0.3, 0.4) is 0 Å². The predicted octanol–water partition coefficient (Wildman–Crippen LogP) is 4.26. The molecule has 39 heavy (non-hydrogen) atoms. The molecule has 198 valence electrons. The number of hydrogen-bond donors (Lipinski definition) is 1. The van der Waals surface area contributed by atoms with Gasteiger partial charge in [-0.15, -0.1) is 5.06 Å². The maximum atomic E-state index is 14.0. The lowest BCUT2D eigenvalue weighted by Gasteiger charge is -2.40. The number of fused-ring (bicyclic) bond motifs is 2. The molecule has 0 unspecified atom stereocenters. The molecular weight excluding hydrogens is 502 g/mol. The fourth-order valence-electron chi connectivity index (χ4n) is 5.64. The Bertz CT molecular complexity index is 1510. The van der Waals surface area contributed by atoms with Crippen LogP contribution in [0.15, 0.2) is 77.8 Å². The first-order chi connectivity index (χ1) is 18.8. The lowest BCUT2D eigenvalue weighted by atomic mass is 9.94. The van der Waals surface area contributed by atoms with E-state index in [2.05, 4.69) is 5.32 Å². The molecule has 7 nitrogen and oxygen atoms in total. The number of carbonyl (C=O) groups excluding carboxylic acids is 2. The Morgan fingerprint density at radius 2 is 1.69 bits per heavy atom. The third-order valence-corrected chi connectivity index (χ3v) is 7.52. The number of nitrogens with one attached hydrogen (secondary N) is 1. The molecule has 6 rings (SSSR count). The van der Waals surface area contributed by atoms with Gasteiger partial charge in [0.25, 0.3) is 12.1 Å². The summed E-state index contributed by atoms with van der Waals surface area (Å²) in [4.78, 5) is 38.0. The van der Waals surface area contributed by atoms with E-state index in [1.807, 2.05) is 66.2 Å². The number of halogens is 2. The van der Waals surface area contributed by atoms with Crippen molar-refractivity contribution in [2.45, 2.75) is 43.8 Å². The van der Waals surface area contributed by atoms with Crippen molar-refractivity contribution in [1.82, 2.24) is 10.4 Å². The SMILES string of the molecule is C[N+]1=C2ON(C(=O)C3(NC(=O)Cc4cc(F)cc(F)c4)CCCC3)[C@@H]2N=C(c2ccccc2)c2ccccc21. The summed E-state index contributed by atoms with van der Waals surface area (Å²) >= 11 is 0. The second-order valence-electron chi connectivity index (χ2n) is 10.1. The highest BCUT2D eigenvalue weighted by atomic mass is 19.1. The van der Waals surface area contributed by atoms with Gasteiger partial charge in [0.15, 0.2) is 0 Å². The van der Waals surface area contributed by atoms with Crippen molar-refractivity contribution < 1.29 is 27.8 Å². The van der Waals surface area contributed by atoms with Gasteiger partial charge in [-0.1, -0.05) is 55.3 Å². The predicted molar refractivity (Wildman–Crippen MR) is 140 cm³/mol. The maximum Gasteiger partial charge on any atom is 0.416 e. The number of benzene rings is 3. The molecule has 0 spiro atoms. The Morgan fingerprint density at radius 3 is 2.41 bits per heavy atom. The molecule has 3 aromatic rings. The van der Waals surface area contributed by atoms with Gasteiger partial charge in [0, 0.05) is 17.7 Å². The molecule has 1 aliphatic carbocycles. The number of amides is 2. The lowest BCUT2D eigenvalue weighted by molar-refractivity contribution is -0.440. The highest BCUT2D eigenvalue weighted by Crippen LogP contribution is 2.37. The van der Waals surface area contributed by atoms with E-state index < -0.39 is 29.2 Å². The standard InChI is InChI=1S/C30H26F2N4O3/c1-35-24-12-6-5-11-23(24)26(20-9-3-2-4-10-20)33-27-28(35)39-36(27)29(38)30(13-7-8-14-30)34-25(37)17-19-15-21(31)18-22(32)16-19/h2-6,9-12,15-16,18,27H,7-8,13-14,17H2,1H3/p+1/t27-/m0/s1. The quantitative estimate of drug-likeness (QED) is 0.502. The number of hydroxylamine groups is 2. The fraction of sp³-hybridized carbons (Fsp3) is 0.267. The third kappa shape index (κ3) is 4.47. The van der Waals surface area contributed by atoms with Crippen molar-refractivity contribution in [2.75, 3.05) is 7.05 Å². The summed E-state index contributed by atoms with van der Waals surface area (Å²) < 4.78 is 29.2. The molecular formula is C30H27F2N4O3+. The second-order valence-corrected chi connectivity index (χ2v) is 10.1. The van der Waals surface area contributed by atoms with Gasteiger partial charge in [0.05, 0.1) is 17.7 Å².